The van der Waals surface area contributed by atoms with Crippen LogP contribution in [-0.2, 0) is 0 Å². The molecule has 118 valence electrons. The smallest absolute Gasteiger partial charge is 0.123 e. The van der Waals surface area contributed by atoms with Gasteiger partial charge in [-0.05, 0) is 44.8 Å². The normalized spacial score (nSPS) is 18.3. The molecular formula is C16H27FN4. The Balaban J connectivity index is 1.99. The third kappa shape index (κ3) is 4.40. The lowest BCUT2D eigenvalue weighted by atomic mass is 10.0. The van der Waals surface area contributed by atoms with E-state index in [0.29, 0.717) is 0 Å². The van der Waals surface area contributed by atoms with Gasteiger partial charge in [0.05, 0.1) is 0 Å². The third-order valence-corrected chi connectivity index (χ3v) is 4.06. The number of hydrogen-bond acceptors (Lipinski definition) is 4. The van der Waals surface area contributed by atoms with E-state index in [1.807, 2.05) is 13.0 Å². The van der Waals surface area contributed by atoms with Gasteiger partial charge in [0.25, 0.3) is 0 Å². The van der Waals surface area contributed by atoms with Crippen molar-refractivity contribution in [3.63, 3.8) is 0 Å². The van der Waals surface area contributed by atoms with E-state index in [9.17, 15) is 4.39 Å². The summed E-state index contributed by atoms with van der Waals surface area (Å²) in [5.74, 6) is -0.212. The van der Waals surface area contributed by atoms with Gasteiger partial charge >= 0.3 is 0 Å². The van der Waals surface area contributed by atoms with Crippen molar-refractivity contribution in [3.8, 4) is 0 Å². The Morgan fingerprint density at radius 1 is 1.24 bits per heavy atom. The minimum absolute atomic E-state index is 0.150. The molecule has 4 nitrogen and oxygen atoms in total. The molecule has 0 unspecified atom stereocenters. The van der Waals surface area contributed by atoms with E-state index < -0.39 is 0 Å². The van der Waals surface area contributed by atoms with Gasteiger partial charge in [-0.25, -0.2) is 4.39 Å². The summed E-state index contributed by atoms with van der Waals surface area (Å²) >= 11 is 0. The fourth-order valence-electron chi connectivity index (χ4n) is 2.73. The third-order valence-electron chi connectivity index (χ3n) is 4.06. The summed E-state index contributed by atoms with van der Waals surface area (Å²) in [7, 11) is 4.20. The van der Waals surface area contributed by atoms with Gasteiger partial charge in [-0.1, -0.05) is 0 Å². The molecule has 0 aliphatic carbocycles. The molecule has 1 saturated heterocycles. The molecule has 0 radical (unpaired) electrons. The van der Waals surface area contributed by atoms with Crippen molar-refractivity contribution in [2.24, 2.45) is 5.73 Å². The van der Waals surface area contributed by atoms with E-state index in [-0.39, 0.29) is 11.9 Å². The van der Waals surface area contributed by atoms with E-state index in [1.165, 1.54) is 6.07 Å². The van der Waals surface area contributed by atoms with Crippen LogP contribution in [0.4, 0.5) is 10.1 Å². The topological polar surface area (TPSA) is 35.7 Å². The monoisotopic (exact) mass is 294 g/mol. The molecule has 0 aromatic heterocycles. The molecule has 0 saturated carbocycles. The van der Waals surface area contributed by atoms with Gasteiger partial charge in [-0.3, -0.25) is 4.90 Å². The second-order valence-electron chi connectivity index (χ2n) is 6.12. The van der Waals surface area contributed by atoms with Crippen molar-refractivity contribution in [2.45, 2.75) is 13.0 Å². The minimum Gasteiger partial charge on any atom is -0.369 e. The first-order chi connectivity index (χ1) is 9.97. The maximum absolute atomic E-state index is 13.4. The van der Waals surface area contributed by atoms with Crippen LogP contribution in [0.3, 0.4) is 0 Å². The minimum atomic E-state index is -0.212. The molecule has 0 amide bonds. The van der Waals surface area contributed by atoms with Gasteiger partial charge in [0.1, 0.15) is 5.82 Å². The van der Waals surface area contributed by atoms with E-state index >= 15 is 0 Å². The summed E-state index contributed by atoms with van der Waals surface area (Å²) in [6, 6.07) is 4.81. The molecule has 0 bridgehead atoms. The highest BCUT2D eigenvalue weighted by molar-refractivity contribution is 5.55. The van der Waals surface area contributed by atoms with Crippen molar-refractivity contribution in [1.82, 2.24) is 9.80 Å². The van der Waals surface area contributed by atoms with Crippen LogP contribution in [0.1, 0.15) is 18.5 Å². The largest absolute Gasteiger partial charge is 0.369 e. The molecule has 0 spiro atoms. The molecule has 2 rings (SSSR count). The average molecular weight is 294 g/mol. The van der Waals surface area contributed by atoms with Crippen LogP contribution in [-0.4, -0.2) is 63.2 Å². The Morgan fingerprint density at radius 2 is 1.90 bits per heavy atom. The van der Waals surface area contributed by atoms with Crippen molar-refractivity contribution < 1.29 is 4.39 Å². The number of halogens is 1. The maximum atomic E-state index is 13.4. The van der Waals surface area contributed by atoms with E-state index in [0.717, 1.165) is 50.5 Å². The molecule has 1 aliphatic rings. The van der Waals surface area contributed by atoms with Gasteiger partial charge in [0, 0.05) is 51.0 Å². The van der Waals surface area contributed by atoms with Crippen molar-refractivity contribution in [3.05, 3.63) is 29.6 Å². The Morgan fingerprint density at radius 3 is 2.48 bits per heavy atom. The van der Waals surface area contributed by atoms with Crippen molar-refractivity contribution in [2.75, 3.05) is 58.3 Å². The zero-order chi connectivity index (χ0) is 15.4. The first-order valence-electron chi connectivity index (χ1n) is 7.64. The molecule has 1 aromatic rings. The summed E-state index contributed by atoms with van der Waals surface area (Å²) < 4.78 is 13.4. The van der Waals surface area contributed by atoms with Crippen LogP contribution >= 0.6 is 0 Å². The Bertz CT molecular complexity index is 454. The maximum Gasteiger partial charge on any atom is 0.123 e. The van der Waals surface area contributed by atoms with E-state index in [2.05, 4.69) is 28.8 Å². The van der Waals surface area contributed by atoms with Crippen LogP contribution in [0.15, 0.2) is 18.2 Å². The quantitative estimate of drug-likeness (QED) is 0.893. The fourth-order valence-corrected chi connectivity index (χ4v) is 2.73. The number of likely N-dealkylation sites (N-methyl/N-ethyl adjacent to an activating group) is 1. The van der Waals surface area contributed by atoms with Gasteiger partial charge in [0.15, 0.2) is 0 Å². The first kappa shape index (κ1) is 16.2. The Hall–Kier alpha value is -1.17. The van der Waals surface area contributed by atoms with Crippen LogP contribution < -0.4 is 10.6 Å². The highest BCUT2D eigenvalue weighted by Crippen LogP contribution is 2.27. The lowest BCUT2D eigenvalue weighted by Gasteiger charge is -2.37. The number of piperazine rings is 1. The first-order valence-corrected chi connectivity index (χ1v) is 7.64. The SMILES string of the molecule is C[C@H](N)c1cc(F)ccc1N1CCN(CCN(C)C)CC1. The van der Waals surface area contributed by atoms with Crippen LogP contribution in [0.2, 0.25) is 0 Å². The molecule has 1 atom stereocenters. The second-order valence-corrected chi connectivity index (χ2v) is 6.12. The zero-order valence-corrected chi connectivity index (χ0v) is 13.3. The Kier molecular flexibility index (Phi) is 5.56. The molecule has 1 heterocycles. The Labute approximate surface area is 127 Å². The van der Waals surface area contributed by atoms with Crippen LogP contribution in [0, 0.1) is 5.82 Å². The molecule has 5 heteroatoms. The van der Waals surface area contributed by atoms with Gasteiger partial charge in [0.2, 0.25) is 0 Å². The zero-order valence-electron chi connectivity index (χ0n) is 13.3. The average Bonchev–Trinajstić information content (AvgIpc) is 2.45. The predicted octanol–water partition coefficient (Wildman–Crippen LogP) is 1.53. The lowest BCUT2D eigenvalue weighted by Crippen LogP contribution is -2.48. The molecule has 1 fully saturated rings. The molecule has 1 aromatic carbocycles. The highest BCUT2D eigenvalue weighted by atomic mass is 19.1. The predicted molar refractivity (Wildman–Crippen MR) is 86.2 cm³/mol. The number of nitrogens with two attached hydrogens (primary N) is 1. The standard InChI is InChI=1S/C16H27FN4/c1-13(18)15-12-14(17)4-5-16(15)21-10-8-20(9-11-21)7-6-19(2)3/h4-5,12-13H,6-11,18H2,1-3H3/t13-/m0/s1. The molecule has 2 N–H and O–H groups in total. The van der Waals surface area contributed by atoms with Gasteiger partial charge in [-0.2, -0.15) is 0 Å². The fraction of sp³-hybridized carbons (Fsp3) is 0.625. The number of rotatable bonds is 5. The van der Waals surface area contributed by atoms with Crippen LogP contribution in [0.25, 0.3) is 0 Å². The number of nitrogens with zero attached hydrogens (tertiary/aromatic N) is 3. The molecular weight excluding hydrogens is 267 g/mol. The lowest BCUT2D eigenvalue weighted by molar-refractivity contribution is 0.229. The van der Waals surface area contributed by atoms with Gasteiger partial charge in [-0.15, -0.1) is 0 Å². The number of hydrogen-bond donors (Lipinski definition) is 1. The number of benzene rings is 1. The molecule has 21 heavy (non-hydrogen) atoms. The van der Waals surface area contributed by atoms with Crippen molar-refractivity contribution >= 4 is 5.69 Å². The summed E-state index contributed by atoms with van der Waals surface area (Å²) in [5, 5.41) is 0. The van der Waals surface area contributed by atoms with Gasteiger partial charge < -0.3 is 15.5 Å². The van der Waals surface area contributed by atoms with E-state index in [1.54, 1.807) is 6.07 Å². The second kappa shape index (κ2) is 7.20. The van der Waals surface area contributed by atoms with Crippen molar-refractivity contribution in [1.29, 1.82) is 0 Å². The highest BCUT2D eigenvalue weighted by Gasteiger charge is 2.20. The summed E-state index contributed by atoms with van der Waals surface area (Å²) in [5.41, 5.74) is 7.97. The summed E-state index contributed by atoms with van der Waals surface area (Å²) in [6.07, 6.45) is 0. The summed E-state index contributed by atoms with van der Waals surface area (Å²) in [6.45, 7) is 8.13. The molecule has 1 aliphatic heterocycles. The van der Waals surface area contributed by atoms with Crippen LogP contribution in [0.5, 0.6) is 0 Å². The summed E-state index contributed by atoms with van der Waals surface area (Å²) in [4.78, 5) is 7.01. The number of anilines is 1. The van der Waals surface area contributed by atoms with E-state index in [4.69, 9.17) is 5.73 Å².